The second kappa shape index (κ2) is 3.48. The Hall–Kier alpha value is 0.500. The summed E-state index contributed by atoms with van der Waals surface area (Å²) in [6.07, 6.45) is 0.659. The van der Waals surface area contributed by atoms with Crippen LogP contribution in [0.15, 0.2) is 0 Å². The molecule has 5 heteroatoms. The number of hydrogen-bond donors (Lipinski definition) is 0. The minimum Gasteiger partial charge on any atom is -0.381 e. The highest BCUT2D eigenvalue weighted by Gasteiger charge is 2.38. The van der Waals surface area contributed by atoms with Gasteiger partial charge in [0.05, 0.1) is 6.61 Å². The number of halogens is 3. The van der Waals surface area contributed by atoms with Gasteiger partial charge in [-0.2, -0.15) is 0 Å². The molecule has 1 aliphatic rings. The average molecular weight is 217 g/mol. The number of carbonyl (C=O) groups is 1. The lowest BCUT2D eigenvalue weighted by Gasteiger charge is -2.12. The third kappa shape index (κ3) is 2.48. The molecule has 0 aliphatic carbocycles. The zero-order valence-electron chi connectivity index (χ0n) is 5.65. The van der Waals surface area contributed by atoms with Gasteiger partial charge in [0.2, 0.25) is 3.79 Å². The molecule has 1 aliphatic heterocycles. The molecule has 0 saturated carbocycles. The van der Waals surface area contributed by atoms with Crippen LogP contribution in [0, 0.1) is 5.92 Å². The minimum atomic E-state index is -1.78. The maximum absolute atomic E-state index is 11.2. The van der Waals surface area contributed by atoms with E-state index in [-0.39, 0.29) is 11.7 Å². The molecule has 1 saturated heterocycles. The van der Waals surface area contributed by atoms with E-state index >= 15 is 0 Å². The van der Waals surface area contributed by atoms with Crippen molar-refractivity contribution in [2.75, 3.05) is 13.2 Å². The first-order chi connectivity index (χ1) is 5.02. The fourth-order valence-electron chi connectivity index (χ4n) is 0.973. The minimum absolute atomic E-state index is 0.234. The van der Waals surface area contributed by atoms with Crippen molar-refractivity contribution < 1.29 is 9.53 Å². The van der Waals surface area contributed by atoms with Crippen LogP contribution in [0.25, 0.3) is 0 Å². The number of alkyl halides is 3. The van der Waals surface area contributed by atoms with Gasteiger partial charge < -0.3 is 4.74 Å². The van der Waals surface area contributed by atoms with E-state index in [1.807, 2.05) is 0 Å². The lowest BCUT2D eigenvalue weighted by Crippen LogP contribution is -2.27. The highest BCUT2D eigenvalue weighted by atomic mass is 35.6. The molecule has 0 spiro atoms. The molecule has 0 N–H and O–H groups in total. The smallest absolute Gasteiger partial charge is 0.249 e. The Balaban J connectivity index is 2.53. The fourth-order valence-corrected chi connectivity index (χ4v) is 1.44. The van der Waals surface area contributed by atoms with Crippen molar-refractivity contribution in [3.8, 4) is 0 Å². The highest BCUT2D eigenvalue weighted by molar-refractivity contribution is 6.76. The first kappa shape index (κ1) is 9.59. The van der Waals surface area contributed by atoms with Gasteiger partial charge in [-0.05, 0) is 6.42 Å². The molecular formula is C6H7Cl3O2. The Bertz CT molecular complexity index is 158. The lowest BCUT2D eigenvalue weighted by atomic mass is 10.1. The van der Waals surface area contributed by atoms with Crippen LogP contribution in [0.5, 0.6) is 0 Å². The Morgan fingerprint density at radius 3 is 2.45 bits per heavy atom. The summed E-state index contributed by atoms with van der Waals surface area (Å²) in [5, 5.41) is 0. The summed E-state index contributed by atoms with van der Waals surface area (Å²) in [4.78, 5) is 11.2. The molecule has 1 heterocycles. The van der Waals surface area contributed by atoms with Gasteiger partial charge in [-0.15, -0.1) is 0 Å². The quantitative estimate of drug-likeness (QED) is 0.628. The van der Waals surface area contributed by atoms with Crippen molar-refractivity contribution >= 4 is 40.6 Å². The zero-order valence-corrected chi connectivity index (χ0v) is 7.92. The van der Waals surface area contributed by atoms with Gasteiger partial charge in [0.1, 0.15) is 0 Å². The van der Waals surface area contributed by atoms with Crippen LogP contribution in [0.2, 0.25) is 0 Å². The lowest BCUT2D eigenvalue weighted by molar-refractivity contribution is -0.121. The molecular weight excluding hydrogens is 210 g/mol. The predicted octanol–water partition coefficient (Wildman–Crippen LogP) is 1.96. The first-order valence-corrected chi connectivity index (χ1v) is 4.34. The normalized spacial score (nSPS) is 25.5. The van der Waals surface area contributed by atoms with Gasteiger partial charge in [-0.25, -0.2) is 0 Å². The Morgan fingerprint density at radius 2 is 2.09 bits per heavy atom. The number of Topliss-reactive ketones (excluding diaryl/α,β-unsaturated/α-hetero) is 1. The summed E-state index contributed by atoms with van der Waals surface area (Å²) in [6.45, 7) is 0.962. The topological polar surface area (TPSA) is 26.3 Å². The van der Waals surface area contributed by atoms with Gasteiger partial charge in [-0.1, -0.05) is 34.8 Å². The molecule has 1 atom stereocenters. The molecule has 0 radical (unpaired) electrons. The number of ketones is 1. The standard InChI is InChI=1S/C6H7Cl3O2/c7-6(8,9)5(10)4-1-2-11-3-4/h4H,1-3H2. The number of carbonyl (C=O) groups excluding carboxylic acids is 1. The van der Waals surface area contributed by atoms with E-state index in [9.17, 15) is 4.79 Å². The molecule has 0 amide bonds. The molecule has 0 aromatic carbocycles. The van der Waals surface area contributed by atoms with Crippen LogP contribution in [0.3, 0.4) is 0 Å². The van der Waals surface area contributed by atoms with Crippen molar-refractivity contribution in [3.63, 3.8) is 0 Å². The molecule has 2 nitrogen and oxygen atoms in total. The van der Waals surface area contributed by atoms with E-state index in [0.717, 1.165) is 0 Å². The van der Waals surface area contributed by atoms with Gasteiger partial charge >= 0.3 is 0 Å². The molecule has 11 heavy (non-hydrogen) atoms. The molecule has 64 valence electrons. The highest BCUT2D eigenvalue weighted by Crippen LogP contribution is 2.32. The summed E-state index contributed by atoms with van der Waals surface area (Å²) in [6, 6.07) is 0. The van der Waals surface area contributed by atoms with E-state index in [0.29, 0.717) is 19.6 Å². The Labute approximate surface area is 79.7 Å². The van der Waals surface area contributed by atoms with Crippen molar-refractivity contribution in [1.29, 1.82) is 0 Å². The van der Waals surface area contributed by atoms with Crippen LogP contribution >= 0.6 is 34.8 Å². The maximum atomic E-state index is 11.2. The van der Waals surface area contributed by atoms with E-state index < -0.39 is 3.79 Å². The van der Waals surface area contributed by atoms with Gasteiger partial charge in [-0.3, -0.25) is 4.79 Å². The number of ether oxygens (including phenoxy) is 1. The molecule has 0 aromatic heterocycles. The number of rotatable bonds is 1. The van der Waals surface area contributed by atoms with Gasteiger partial charge in [0.25, 0.3) is 0 Å². The van der Waals surface area contributed by atoms with E-state index in [2.05, 4.69) is 0 Å². The summed E-state index contributed by atoms with van der Waals surface area (Å²) in [7, 11) is 0. The Kier molecular flexibility index (Phi) is 3.03. The van der Waals surface area contributed by atoms with Gasteiger partial charge in [0.15, 0.2) is 5.78 Å². The van der Waals surface area contributed by atoms with Crippen LogP contribution in [-0.4, -0.2) is 22.8 Å². The van der Waals surface area contributed by atoms with E-state index in [4.69, 9.17) is 39.5 Å². The predicted molar refractivity (Wildman–Crippen MR) is 44.2 cm³/mol. The monoisotopic (exact) mass is 216 g/mol. The SMILES string of the molecule is O=C(C1CCOC1)C(Cl)(Cl)Cl. The van der Waals surface area contributed by atoms with Gasteiger partial charge in [0, 0.05) is 12.5 Å². The van der Waals surface area contributed by atoms with E-state index in [1.54, 1.807) is 0 Å². The first-order valence-electron chi connectivity index (χ1n) is 3.20. The summed E-state index contributed by atoms with van der Waals surface area (Å²) in [5.74, 6) is -0.595. The largest absolute Gasteiger partial charge is 0.381 e. The average Bonchev–Trinajstić information content (AvgIpc) is 2.34. The molecule has 0 aromatic rings. The fraction of sp³-hybridized carbons (Fsp3) is 0.833. The number of hydrogen-bond acceptors (Lipinski definition) is 2. The summed E-state index contributed by atoms with van der Waals surface area (Å²) >= 11 is 16.2. The Morgan fingerprint density at radius 1 is 1.45 bits per heavy atom. The second-order valence-electron chi connectivity index (χ2n) is 2.42. The second-order valence-corrected chi connectivity index (χ2v) is 4.70. The molecule has 1 unspecified atom stereocenters. The summed E-state index contributed by atoms with van der Waals surface area (Å²) in [5.41, 5.74) is 0. The van der Waals surface area contributed by atoms with Crippen molar-refractivity contribution in [2.24, 2.45) is 5.92 Å². The van der Waals surface area contributed by atoms with Crippen LogP contribution in [0.1, 0.15) is 6.42 Å². The maximum Gasteiger partial charge on any atom is 0.249 e. The van der Waals surface area contributed by atoms with Crippen LogP contribution in [-0.2, 0) is 9.53 Å². The third-order valence-electron chi connectivity index (χ3n) is 1.58. The molecule has 1 fully saturated rings. The van der Waals surface area contributed by atoms with Crippen molar-refractivity contribution in [1.82, 2.24) is 0 Å². The zero-order chi connectivity index (χ0) is 8.48. The van der Waals surface area contributed by atoms with Crippen LogP contribution < -0.4 is 0 Å². The third-order valence-corrected chi connectivity index (χ3v) is 2.14. The summed E-state index contributed by atoms with van der Waals surface area (Å²) < 4.78 is 3.20. The molecule has 0 bridgehead atoms. The van der Waals surface area contributed by atoms with Crippen LogP contribution in [0.4, 0.5) is 0 Å². The van der Waals surface area contributed by atoms with Crippen molar-refractivity contribution in [2.45, 2.75) is 10.2 Å². The van der Waals surface area contributed by atoms with E-state index in [1.165, 1.54) is 0 Å². The van der Waals surface area contributed by atoms with Crippen molar-refractivity contribution in [3.05, 3.63) is 0 Å². The molecule has 1 rings (SSSR count).